The van der Waals surface area contributed by atoms with Gasteiger partial charge < -0.3 is 16.0 Å². The highest BCUT2D eigenvalue weighted by atomic mass is 32.2. The van der Waals surface area contributed by atoms with Crippen LogP contribution in [0.5, 0.6) is 0 Å². The van der Waals surface area contributed by atoms with Crippen molar-refractivity contribution < 1.29 is 19.3 Å². The molecule has 4 aromatic carbocycles. The molecule has 10 heteroatoms. The molecule has 0 saturated carbocycles. The summed E-state index contributed by atoms with van der Waals surface area (Å²) in [5, 5.41) is 19.7. The molecule has 0 unspecified atom stereocenters. The highest BCUT2D eigenvalue weighted by Gasteiger charge is 2.18. The van der Waals surface area contributed by atoms with Crippen LogP contribution in [-0.4, -0.2) is 28.4 Å². The average Bonchev–Trinajstić information content (AvgIpc) is 2.96. The van der Waals surface area contributed by atoms with Gasteiger partial charge in [-0.25, -0.2) is 0 Å². The van der Waals surface area contributed by atoms with E-state index in [1.165, 1.54) is 36.0 Å². The number of nitro groups is 1. The van der Waals surface area contributed by atoms with E-state index in [1.807, 2.05) is 37.3 Å². The van der Waals surface area contributed by atoms with Gasteiger partial charge in [-0.05, 0) is 67.1 Å². The van der Waals surface area contributed by atoms with Crippen LogP contribution >= 0.6 is 11.8 Å². The number of nitrogens with zero attached hydrogens (tertiary/aromatic N) is 1. The van der Waals surface area contributed by atoms with Crippen LogP contribution in [-0.2, 0) is 9.59 Å². The second kappa shape index (κ2) is 13.7. The van der Waals surface area contributed by atoms with Gasteiger partial charge in [0.2, 0.25) is 5.91 Å². The molecule has 0 aromatic heterocycles. The van der Waals surface area contributed by atoms with E-state index in [1.54, 1.807) is 54.6 Å². The number of nitrogens with one attached hydrogen (secondary N) is 3. The second-order valence-corrected chi connectivity index (χ2v) is 9.93. The van der Waals surface area contributed by atoms with Crippen LogP contribution in [0.25, 0.3) is 6.08 Å². The number of carbonyl (C=O) groups is 3. The first-order chi connectivity index (χ1) is 19.8. The number of rotatable bonds is 10. The normalized spacial score (nSPS) is 10.9. The number of para-hydroxylation sites is 1. The van der Waals surface area contributed by atoms with Gasteiger partial charge in [-0.3, -0.25) is 24.5 Å². The first-order valence-corrected chi connectivity index (χ1v) is 13.5. The lowest BCUT2D eigenvalue weighted by molar-refractivity contribution is -0.385. The number of benzene rings is 4. The number of hydrogen-bond donors (Lipinski definition) is 3. The maximum absolute atomic E-state index is 13.3. The van der Waals surface area contributed by atoms with Crippen molar-refractivity contribution in [1.82, 2.24) is 5.32 Å². The quantitative estimate of drug-likeness (QED) is 0.0928. The zero-order chi connectivity index (χ0) is 29.2. The Balaban J connectivity index is 1.50. The fraction of sp³-hybridized carbons (Fsp3) is 0.0645. The summed E-state index contributed by atoms with van der Waals surface area (Å²) in [5.74, 6) is -1.24. The summed E-state index contributed by atoms with van der Waals surface area (Å²) in [6, 6.07) is 28.6. The third-order valence-electron chi connectivity index (χ3n) is 5.73. The lowest BCUT2D eigenvalue weighted by atomic mass is 10.1. The predicted octanol–water partition coefficient (Wildman–Crippen LogP) is 6.04. The van der Waals surface area contributed by atoms with Crippen molar-refractivity contribution >= 4 is 52.6 Å². The largest absolute Gasteiger partial charge is 0.325 e. The maximum atomic E-state index is 13.3. The van der Waals surface area contributed by atoms with E-state index in [2.05, 4.69) is 16.0 Å². The molecule has 3 amide bonds. The van der Waals surface area contributed by atoms with Crippen molar-refractivity contribution in [3.8, 4) is 0 Å². The van der Waals surface area contributed by atoms with E-state index < -0.39 is 16.7 Å². The Labute approximate surface area is 240 Å². The van der Waals surface area contributed by atoms with Gasteiger partial charge in [0.1, 0.15) is 5.70 Å². The molecule has 0 atom stereocenters. The van der Waals surface area contributed by atoms with Crippen molar-refractivity contribution in [3.05, 3.63) is 136 Å². The molecule has 0 saturated heterocycles. The van der Waals surface area contributed by atoms with E-state index in [9.17, 15) is 24.5 Å². The zero-order valence-electron chi connectivity index (χ0n) is 22.0. The van der Waals surface area contributed by atoms with Gasteiger partial charge >= 0.3 is 0 Å². The molecular weight excluding hydrogens is 540 g/mol. The Kier molecular flexibility index (Phi) is 9.63. The van der Waals surface area contributed by atoms with Crippen LogP contribution in [0.1, 0.15) is 21.5 Å². The van der Waals surface area contributed by atoms with E-state index in [4.69, 9.17) is 0 Å². The number of thioether (sulfide) groups is 1. The summed E-state index contributed by atoms with van der Waals surface area (Å²) in [4.78, 5) is 50.3. The fourth-order valence-electron chi connectivity index (χ4n) is 3.80. The standard InChI is InChI=1S/C31H26N4O5S/c1-21-9-7-13-24(17-21)32-29(36)20-41-26-15-8-14-25(19-26)33-31(38)27(34-30(37)22-10-3-2-4-11-22)18-23-12-5-6-16-28(23)35(39)40/h2-19H,20H2,1H3,(H,32,36)(H,33,38)(H,34,37)/b27-18+. The van der Waals surface area contributed by atoms with Gasteiger partial charge in [-0.15, -0.1) is 11.8 Å². The second-order valence-electron chi connectivity index (χ2n) is 8.88. The van der Waals surface area contributed by atoms with Crippen LogP contribution in [0.2, 0.25) is 0 Å². The van der Waals surface area contributed by atoms with Crippen LogP contribution in [0.4, 0.5) is 17.1 Å². The Morgan fingerprint density at radius 3 is 2.24 bits per heavy atom. The summed E-state index contributed by atoms with van der Waals surface area (Å²) in [6.45, 7) is 1.94. The lowest BCUT2D eigenvalue weighted by Crippen LogP contribution is -2.30. The number of aryl methyl sites for hydroxylation is 1. The average molecular weight is 567 g/mol. The molecule has 0 spiro atoms. The number of anilines is 2. The van der Waals surface area contributed by atoms with Crippen molar-refractivity contribution in [1.29, 1.82) is 0 Å². The summed E-state index contributed by atoms with van der Waals surface area (Å²) >= 11 is 1.29. The van der Waals surface area contributed by atoms with Crippen LogP contribution in [0.3, 0.4) is 0 Å². The predicted molar refractivity (Wildman–Crippen MR) is 161 cm³/mol. The van der Waals surface area contributed by atoms with Crippen LogP contribution in [0, 0.1) is 17.0 Å². The number of hydrogen-bond acceptors (Lipinski definition) is 6. The van der Waals surface area contributed by atoms with E-state index in [-0.39, 0.29) is 28.6 Å². The fourth-order valence-corrected chi connectivity index (χ4v) is 4.56. The lowest BCUT2D eigenvalue weighted by Gasteiger charge is -2.12. The molecule has 0 fully saturated rings. The van der Waals surface area contributed by atoms with E-state index in [0.717, 1.165) is 10.5 Å². The minimum atomic E-state index is -0.674. The van der Waals surface area contributed by atoms with Gasteiger partial charge in [-0.2, -0.15) is 0 Å². The Morgan fingerprint density at radius 2 is 1.51 bits per heavy atom. The molecule has 0 heterocycles. The van der Waals surface area contributed by atoms with Gasteiger partial charge in [0, 0.05) is 27.9 Å². The molecule has 0 aliphatic heterocycles. The van der Waals surface area contributed by atoms with Gasteiger partial charge in [0.25, 0.3) is 17.5 Å². The highest BCUT2D eigenvalue weighted by molar-refractivity contribution is 8.00. The van der Waals surface area contributed by atoms with Crippen LogP contribution in [0.15, 0.2) is 114 Å². The van der Waals surface area contributed by atoms with E-state index in [0.29, 0.717) is 16.9 Å². The minimum Gasteiger partial charge on any atom is -0.325 e. The zero-order valence-corrected chi connectivity index (χ0v) is 22.8. The summed E-state index contributed by atoms with van der Waals surface area (Å²) in [7, 11) is 0. The molecule has 0 aliphatic rings. The maximum Gasteiger partial charge on any atom is 0.276 e. The molecule has 3 N–H and O–H groups in total. The van der Waals surface area contributed by atoms with Crippen molar-refractivity contribution in [2.75, 3.05) is 16.4 Å². The molecule has 0 aliphatic carbocycles. The first kappa shape index (κ1) is 28.8. The molecular formula is C31H26N4O5S. The molecule has 0 radical (unpaired) electrons. The third kappa shape index (κ3) is 8.38. The highest BCUT2D eigenvalue weighted by Crippen LogP contribution is 2.24. The summed E-state index contributed by atoms with van der Waals surface area (Å²) in [5.41, 5.74) is 2.25. The Bertz CT molecular complexity index is 1620. The number of amides is 3. The van der Waals surface area contributed by atoms with Crippen molar-refractivity contribution in [3.63, 3.8) is 0 Å². The Hall–Kier alpha value is -5.22. The van der Waals surface area contributed by atoms with Crippen molar-refractivity contribution in [2.24, 2.45) is 0 Å². The molecule has 9 nitrogen and oxygen atoms in total. The Morgan fingerprint density at radius 1 is 0.829 bits per heavy atom. The molecule has 4 rings (SSSR count). The van der Waals surface area contributed by atoms with Gasteiger partial charge in [0.15, 0.2) is 0 Å². The SMILES string of the molecule is Cc1cccc(NC(=O)CSc2cccc(NC(=O)/C(=C\c3ccccc3[N+](=O)[O-])NC(=O)c3ccccc3)c2)c1. The topological polar surface area (TPSA) is 130 Å². The van der Waals surface area contributed by atoms with Crippen LogP contribution < -0.4 is 16.0 Å². The third-order valence-corrected chi connectivity index (χ3v) is 6.72. The number of nitro benzene ring substituents is 1. The molecule has 4 aromatic rings. The van der Waals surface area contributed by atoms with Gasteiger partial charge in [0.05, 0.1) is 16.2 Å². The smallest absolute Gasteiger partial charge is 0.276 e. The monoisotopic (exact) mass is 566 g/mol. The summed E-state index contributed by atoms with van der Waals surface area (Å²) in [6.07, 6.45) is 1.27. The summed E-state index contributed by atoms with van der Waals surface area (Å²) < 4.78 is 0. The van der Waals surface area contributed by atoms with Crippen molar-refractivity contribution in [2.45, 2.75) is 11.8 Å². The van der Waals surface area contributed by atoms with Gasteiger partial charge in [-0.1, -0.05) is 48.5 Å². The number of carbonyl (C=O) groups excluding carboxylic acids is 3. The molecule has 0 bridgehead atoms. The first-order valence-electron chi connectivity index (χ1n) is 12.5. The minimum absolute atomic E-state index is 0.153. The molecule has 206 valence electrons. The molecule has 41 heavy (non-hydrogen) atoms. The van der Waals surface area contributed by atoms with E-state index >= 15 is 0 Å².